The van der Waals surface area contributed by atoms with Crippen LogP contribution in [-0.2, 0) is 6.18 Å². The molecular formula is C9H7ClF3NO3. The third-order valence-corrected chi connectivity index (χ3v) is 2.44. The van der Waals surface area contributed by atoms with Gasteiger partial charge in [-0.15, -0.1) is 0 Å². The number of alkyl halides is 3. The van der Waals surface area contributed by atoms with E-state index < -0.39 is 32.9 Å². The smallest absolute Gasteiger partial charge is 0.416 e. The van der Waals surface area contributed by atoms with Crippen molar-refractivity contribution in [3.05, 3.63) is 32.3 Å². The molecule has 0 aliphatic carbocycles. The summed E-state index contributed by atoms with van der Waals surface area (Å²) >= 11 is 5.53. The highest BCUT2D eigenvalue weighted by Crippen LogP contribution is 2.44. The van der Waals surface area contributed by atoms with Crippen molar-refractivity contribution in [2.75, 3.05) is 7.11 Å². The lowest BCUT2D eigenvalue weighted by Crippen LogP contribution is -2.10. The molecule has 17 heavy (non-hydrogen) atoms. The molecule has 0 unspecified atom stereocenters. The van der Waals surface area contributed by atoms with Crippen molar-refractivity contribution in [2.24, 2.45) is 0 Å². The lowest BCUT2D eigenvalue weighted by molar-refractivity contribution is -0.386. The summed E-state index contributed by atoms with van der Waals surface area (Å²) in [5.74, 6) is -0.373. The molecule has 0 aliphatic heterocycles. The van der Waals surface area contributed by atoms with Crippen LogP contribution in [0.1, 0.15) is 11.1 Å². The second kappa shape index (κ2) is 4.40. The molecule has 0 atom stereocenters. The quantitative estimate of drug-likeness (QED) is 0.609. The van der Waals surface area contributed by atoms with Gasteiger partial charge in [0.25, 0.3) is 0 Å². The monoisotopic (exact) mass is 269 g/mol. The standard InChI is InChI=1S/C9H7ClF3NO3/c1-4-5(9(11,12)13)3-6(10)8(17-2)7(4)14(15)16/h3H,1-2H3. The number of nitro benzene ring substituents is 1. The second-order valence-electron chi connectivity index (χ2n) is 3.17. The highest BCUT2D eigenvalue weighted by molar-refractivity contribution is 6.32. The molecule has 1 aromatic rings. The van der Waals surface area contributed by atoms with Crippen molar-refractivity contribution in [1.82, 2.24) is 0 Å². The molecule has 0 N–H and O–H groups in total. The van der Waals surface area contributed by atoms with E-state index in [1.807, 2.05) is 0 Å². The highest BCUT2D eigenvalue weighted by Gasteiger charge is 2.38. The van der Waals surface area contributed by atoms with Gasteiger partial charge in [0.15, 0.2) is 0 Å². The Balaban J connectivity index is 3.67. The Hall–Kier alpha value is -1.50. The summed E-state index contributed by atoms with van der Waals surface area (Å²) < 4.78 is 42.4. The molecule has 0 saturated heterocycles. The Morgan fingerprint density at radius 3 is 2.35 bits per heavy atom. The average Bonchev–Trinajstić information content (AvgIpc) is 2.17. The van der Waals surface area contributed by atoms with Gasteiger partial charge in [0, 0.05) is 5.56 Å². The fourth-order valence-electron chi connectivity index (χ4n) is 1.42. The normalized spacial score (nSPS) is 11.4. The van der Waals surface area contributed by atoms with E-state index in [1.165, 1.54) is 0 Å². The Morgan fingerprint density at radius 2 is 2.00 bits per heavy atom. The minimum atomic E-state index is -4.70. The van der Waals surface area contributed by atoms with E-state index >= 15 is 0 Å². The van der Waals surface area contributed by atoms with Crippen molar-refractivity contribution in [3.63, 3.8) is 0 Å². The van der Waals surface area contributed by atoms with Crippen molar-refractivity contribution in [2.45, 2.75) is 13.1 Å². The Morgan fingerprint density at radius 1 is 1.47 bits per heavy atom. The van der Waals surface area contributed by atoms with Gasteiger partial charge >= 0.3 is 11.9 Å². The first-order valence-electron chi connectivity index (χ1n) is 4.28. The van der Waals surface area contributed by atoms with E-state index in [-0.39, 0.29) is 5.75 Å². The van der Waals surface area contributed by atoms with Gasteiger partial charge in [-0.05, 0) is 13.0 Å². The second-order valence-corrected chi connectivity index (χ2v) is 3.57. The van der Waals surface area contributed by atoms with Gasteiger partial charge in [-0.1, -0.05) is 11.6 Å². The molecule has 1 aromatic carbocycles. The number of methoxy groups -OCH3 is 1. The van der Waals surface area contributed by atoms with Gasteiger partial charge in [0.1, 0.15) is 0 Å². The molecule has 0 bridgehead atoms. The largest absolute Gasteiger partial charge is 0.489 e. The van der Waals surface area contributed by atoms with Gasteiger partial charge in [-0.2, -0.15) is 13.2 Å². The minimum absolute atomic E-state index is 0.373. The number of nitro groups is 1. The van der Waals surface area contributed by atoms with Crippen LogP contribution < -0.4 is 4.74 Å². The summed E-state index contributed by atoms with van der Waals surface area (Å²) in [6, 6.07) is 0.614. The first-order valence-corrected chi connectivity index (χ1v) is 4.66. The van der Waals surface area contributed by atoms with E-state index in [0.717, 1.165) is 14.0 Å². The first kappa shape index (κ1) is 13.6. The van der Waals surface area contributed by atoms with Crippen LogP contribution in [0.5, 0.6) is 5.75 Å². The fraction of sp³-hybridized carbons (Fsp3) is 0.333. The zero-order valence-electron chi connectivity index (χ0n) is 8.76. The molecule has 94 valence electrons. The van der Waals surface area contributed by atoms with E-state index in [2.05, 4.69) is 4.74 Å². The third kappa shape index (κ3) is 2.44. The van der Waals surface area contributed by atoms with Crippen molar-refractivity contribution in [3.8, 4) is 5.75 Å². The highest BCUT2D eigenvalue weighted by atomic mass is 35.5. The molecule has 0 radical (unpaired) electrons. The molecule has 0 saturated carbocycles. The van der Waals surface area contributed by atoms with Crippen LogP contribution in [-0.4, -0.2) is 12.0 Å². The van der Waals surface area contributed by atoms with Crippen molar-refractivity contribution in [1.29, 1.82) is 0 Å². The van der Waals surface area contributed by atoms with Crippen LogP contribution >= 0.6 is 11.6 Å². The van der Waals surface area contributed by atoms with Gasteiger partial charge < -0.3 is 4.74 Å². The van der Waals surface area contributed by atoms with E-state index in [4.69, 9.17) is 11.6 Å². The minimum Gasteiger partial charge on any atom is -0.489 e. The molecule has 8 heteroatoms. The molecule has 0 fully saturated rings. The van der Waals surface area contributed by atoms with E-state index in [0.29, 0.717) is 6.07 Å². The molecule has 0 heterocycles. The summed E-state index contributed by atoms with van der Waals surface area (Å²) in [6.45, 7) is 1.000. The Bertz CT molecular complexity index is 474. The summed E-state index contributed by atoms with van der Waals surface area (Å²) in [7, 11) is 1.10. The maximum Gasteiger partial charge on any atom is 0.416 e. The predicted octanol–water partition coefficient (Wildman–Crippen LogP) is 3.58. The Kier molecular flexibility index (Phi) is 3.51. The zero-order valence-corrected chi connectivity index (χ0v) is 9.52. The molecule has 0 spiro atoms. The van der Waals surface area contributed by atoms with Gasteiger partial charge in [0.05, 0.1) is 22.6 Å². The van der Waals surface area contributed by atoms with Crippen LogP contribution in [0.3, 0.4) is 0 Å². The number of hydrogen-bond donors (Lipinski definition) is 0. The Labute approximate surface area is 99.1 Å². The molecule has 0 amide bonds. The van der Waals surface area contributed by atoms with Gasteiger partial charge in [-0.25, -0.2) is 0 Å². The fourth-order valence-corrected chi connectivity index (χ4v) is 1.70. The number of hydrogen-bond acceptors (Lipinski definition) is 3. The van der Waals surface area contributed by atoms with E-state index in [1.54, 1.807) is 0 Å². The average molecular weight is 270 g/mol. The maximum atomic E-state index is 12.6. The lowest BCUT2D eigenvalue weighted by Gasteiger charge is -2.13. The summed E-state index contributed by atoms with van der Waals surface area (Å²) in [4.78, 5) is 9.78. The van der Waals surface area contributed by atoms with Crippen molar-refractivity contribution < 1.29 is 22.8 Å². The van der Waals surface area contributed by atoms with Gasteiger partial charge in [0.2, 0.25) is 5.75 Å². The predicted molar refractivity (Wildman–Crippen MR) is 54.4 cm³/mol. The summed E-state index contributed by atoms with van der Waals surface area (Å²) in [5.41, 5.74) is -2.44. The van der Waals surface area contributed by atoms with Crippen LogP contribution in [0.25, 0.3) is 0 Å². The number of ether oxygens (including phenoxy) is 1. The van der Waals surface area contributed by atoms with Gasteiger partial charge in [-0.3, -0.25) is 10.1 Å². The lowest BCUT2D eigenvalue weighted by atomic mass is 10.1. The zero-order chi connectivity index (χ0) is 13.4. The molecule has 1 rings (SSSR count). The van der Waals surface area contributed by atoms with Crippen LogP contribution in [0.4, 0.5) is 18.9 Å². The van der Waals surface area contributed by atoms with Crippen LogP contribution in [0.2, 0.25) is 5.02 Å². The molecule has 0 aliphatic rings. The number of nitrogens with zero attached hydrogens (tertiary/aromatic N) is 1. The van der Waals surface area contributed by atoms with E-state index in [9.17, 15) is 23.3 Å². The molecular weight excluding hydrogens is 263 g/mol. The number of benzene rings is 1. The summed E-state index contributed by atoms with van der Waals surface area (Å²) in [6.07, 6.45) is -4.70. The molecule has 0 aromatic heterocycles. The first-order chi connectivity index (χ1) is 7.70. The molecule has 4 nitrogen and oxygen atoms in total. The topological polar surface area (TPSA) is 52.4 Å². The third-order valence-electron chi connectivity index (χ3n) is 2.15. The van der Waals surface area contributed by atoms with Crippen LogP contribution in [0.15, 0.2) is 6.07 Å². The number of halogens is 4. The number of rotatable bonds is 2. The SMILES string of the molecule is COc1c(Cl)cc(C(F)(F)F)c(C)c1[N+](=O)[O-]. The van der Waals surface area contributed by atoms with Crippen molar-refractivity contribution >= 4 is 17.3 Å². The maximum absolute atomic E-state index is 12.6. The van der Waals surface area contributed by atoms with Crippen LogP contribution in [0, 0.1) is 17.0 Å². The summed E-state index contributed by atoms with van der Waals surface area (Å²) in [5, 5.41) is 10.3.